The molecule has 2 heterocycles. The lowest BCUT2D eigenvalue weighted by molar-refractivity contribution is 0.631. The summed E-state index contributed by atoms with van der Waals surface area (Å²) in [6.07, 6.45) is 2.21. The number of hydrogen-bond acceptors (Lipinski definition) is 5. The van der Waals surface area contributed by atoms with Gasteiger partial charge in [-0.05, 0) is 48.0 Å². The maximum absolute atomic E-state index is 8.76. The van der Waals surface area contributed by atoms with Crippen LogP contribution in [-0.2, 0) is 6.42 Å². The lowest BCUT2D eigenvalue weighted by atomic mass is 10.1. The van der Waals surface area contributed by atoms with Gasteiger partial charge in [-0.3, -0.25) is 0 Å². The third kappa shape index (κ3) is 3.40. The van der Waals surface area contributed by atoms with Gasteiger partial charge < -0.3 is 9.73 Å². The number of aromatic nitrogens is 2. The molecule has 0 atom stereocenters. The van der Waals surface area contributed by atoms with E-state index >= 15 is 0 Å². The molecule has 5 heteroatoms. The van der Waals surface area contributed by atoms with Crippen LogP contribution in [0.15, 0.2) is 83.4 Å². The molecule has 2 aromatic heterocycles. The predicted molar refractivity (Wildman–Crippen MR) is 114 cm³/mol. The Morgan fingerprint density at radius 2 is 1.79 bits per heavy atom. The number of benzene rings is 3. The zero-order valence-corrected chi connectivity index (χ0v) is 15.5. The Labute approximate surface area is 167 Å². The van der Waals surface area contributed by atoms with E-state index in [1.807, 2.05) is 72.8 Å². The van der Waals surface area contributed by atoms with Gasteiger partial charge >= 0.3 is 0 Å². The highest BCUT2D eigenvalue weighted by Gasteiger charge is 2.08. The molecule has 0 amide bonds. The molecule has 29 heavy (non-hydrogen) atoms. The van der Waals surface area contributed by atoms with E-state index in [9.17, 15) is 0 Å². The Kier molecular flexibility index (Phi) is 4.15. The predicted octanol–water partition coefficient (Wildman–Crippen LogP) is 5.85. The van der Waals surface area contributed by atoms with E-state index < -0.39 is 0 Å². The minimum Gasteiger partial charge on any atom is -0.456 e. The summed E-state index contributed by atoms with van der Waals surface area (Å²) < 4.78 is 5.96. The SMILES string of the molecule is N#CCc1ccc(Nc2ncc3cc(-c4cc5ccccc5o4)ccc3n2)cc1. The normalized spacial score (nSPS) is 10.9. The van der Waals surface area contributed by atoms with Gasteiger partial charge in [0.2, 0.25) is 5.95 Å². The highest BCUT2D eigenvalue weighted by Crippen LogP contribution is 2.29. The van der Waals surface area contributed by atoms with E-state index in [1.165, 1.54) is 0 Å². The molecule has 138 valence electrons. The molecule has 0 fully saturated rings. The zero-order valence-electron chi connectivity index (χ0n) is 15.5. The Morgan fingerprint density at radius 1 is 0.931 bits per heavy atom. The van der Waals surface area contributed by atoms with Crippen molar-refractivity contribution in [1.29, 1.82) is 5.26 Å². The van der Waals surface area contributed by atoms with Crippen LogP contribution in [0.2, 0.25) is 0 Å². The average Bonchev–Trinajstić information content (AvgIpc) is 3.19. The molecular weight excluding hydrogens is 360 g/mol. The second kappa shape index (κ2) is 7.10. The molecule has 0 bridgehead atoms. The van der Waals surface area contributed by atoms with E-state index in [2.05, 4.69) is 21.4 Å². The average molecular weight is 376 g/mol. The van der Waals surface area contributed by atoms with Crippen molar-refractivity contribution < 1.29 is 4.42 Å². The van der Waals surface area contributed by atoms with Gasteiger partial charge in [-0.2, -0.15) is 5.26 Å². The van der Waals surface area contributed by atoms with Crippen molar-refractivity contribution in [2.45, 2.75) is 6.42 Å². The van der Waals surface area contributed by atoms with Crippen molar-refractivity contribution in [3.05, 3.63) is 84.6 Å². The smallest absolute Gasteiger partial charge is 0.227 e. The molecule has 0 unspecified atom stereocenters. The van der Waals surface area contributed by atoms with Crippen LogP contribution >= 0.6 is 0 Å². The second-order valence-corrected chi connectivity index (χ2v) is 6.77. The van der Waals surface area contributed by atoms with Gasteiger partial charge in [0, 0.05) is 28.2 Å². The number of fused-ring (bicyclic) bond motifs is 2. The van der Waals surface area contributed by atoms with Gasteiger partial charge in [0.1, 0.15) is 11.3 Å². The summed E-state index contributed by atoms with van der Waals surface area (Å²) >= 11 is 0. The first-order valence-corrected chi connectivity index (χ1v) is 9.27. The van der Waals surface area contributed by atoms with E-state index in [0.29, 0.717) is 12.4 Å². The monoisotopic (exact) mass is 376 g/mol. The van der Waals surface area contributed by atoms with Gasteiger partial charge in [-0.15, -0.1) is 0 Å². The first-order valence-electron chi connectivity index (χ1n) is 9.27. The summed E-state index contributed by atoms with van der Waals surface area (Å²) in [6.45, 7) is 0. The van der Waals surface area contributed by atoms with Gasteiger partial charge in [-0.1, -0.05) is 30.3 Å². The van der Waals surface area contributed by atoms with Gasteiger partial charge in [0.15, 0.2) is 0 Å². The minimum atomic E-state index is 0.403. The van der Waals surface area contributed by atoms with Gasteiger partial charge in [-0.25, -0.2) is 9.97 Å². The third-order valence-corrected chi connectivity index (χ3v) is 4.78. The first kappa shape index (κ1) is 17.0. The highest BCUT2D eigenvalue weighted by atomic mass is 16.3. The second-order valence-electron chi connectivity index (χ2n) is 6.77. The molecule has 0 aliphatic carbocycles. The number of nitrogens with one attached hydrogen (secondary N) is 1. The molecule has 5 aromatic rings. The van der Waals surface area contributed by atoms with Crippen molar-refractivity contribution >= 4 is 33.5 Å². The number of rotatable bonds is 4. The lowest BCUT2D eigenvalue weighted by Crippen LogP contribution is -1.97. The Bertz CT molecular complexity index is 1330. The number of furan rings is 1. The first-order chi connectivity index (χ1) is 14.3. The van der Waals surface area contributed by atoms with Crippen molar-refractivity contribution in [1.82, 2.24) is 9.97 Å². The summed E-state index contributed by atoms with van der Waals surface area (Å²) in [7, 11) is 0. The van der Waals surface area contributed by atoms with E-state index in [-0.39, 0.29) is 0 Å². The molecular formula is C24H16N4O. The molecule has 5 nitrogen and oxygen atoms in total. The number of para-hydroxylation sites is 1. The van der Waals surface area contributed by atoms with Crippen LogP contribution in [0, 0.1) is 11.3 Å². The fourth-order valence-corrected chi connectivity index (χ4v) is 3.30. The van der Waals surface area contributed by atoms with Crippen LogP contribution in [0.4, 0.5) is 11.6 Å². The largest absolute Gasteiger partial charge is 0.456 e. The Morgan fingerprint density at radius 3 is 2.62 bits per heavy atom. The molecule has 5 rings (SSSR count). The number of nitrogens with zero attached hydrogens (tertiary/aromatic N) is 3. The standard InChI is InChI=1S/C24H16N4O/c25-12-11-16-5-8-20(9-6-16)27-24-26-15-19-13-18(7-10-21(19)28-24)23-14-17-3-1-2-4-22(17)29-23/h1-10,13-15H,11H2,(H,26,27,28). The third-order valence-electron chi connectivity index (χ3n) is 4.78. The van der Waals surface area contributed by atoms with Crippen LogP contribution in [0.5, 0.6) is 0 Å². The Balaban J connectivity index is 1.42. The van der Waals surface area contributed by atoms with E-state index in [4.69, 9.17) is 9.68 Å². The Hall–Kier alpha value is -4.17. The van der Waals surface area contributed by atoms with Gasteiger partial charge in [0.25, 0.3) is 0 Å². The quantitative estimate of drug-likeness (QED) is 0.426. The van der Waals surface area contributed by atoms with Crippen molar-refractivity contribution in [2.75, 3.05) is 5.32 Å². The molecule has 1 N–H and O–H groups in total. The van der Waals surface area contributed by atoms with Crippen LogP contribution in [0.25, 0.3) is 33.2 Å². The van der Waals surface area contributed by atoms with Crippen LogP contribution in [-0.4, -0.2) is 9.97 Å². The van der Waals surface area contributed by atoms with Crippen LogP contribution < -0.4 is 5.32 Å². The summed E-state index contributed by atoms with van der Waals surface area (Å²) in [5, 5.41) is 14.0. The van der Waals surface area contributed by atoms with Crippen LogP contribution in [0.1, 0.15) is 5.56 Å². The number of hydrogen-bond donors (Lipinski definition) is 1. The number of anilines is 2. The lowest BCUT2D eigenvalue weighted by Gasteiger charge is -2.07. The highest BCUT2D eigenvalue weighted by molar-refractivity contribution is 5.87. The summed E-state index contributed by atoms with van der Waals surface area (Å²) in [4.78, 5) is 9.03. The van der Waals surface area contributed by atoms with Gasteiger partial charge in [0.05, 0.1) is 18.0 Å². The fourth-order valence-electron chi connectivity index (χ4n) is 3.30. The van der Waals surface area contributed by atoms with Crippen molar-refractivity contribution in [3.8, 4) is 17.4 Å². The van der Waals surface area contributed by atoms with Crippen LogP contribution in [0.3, 0.4) is 0 Å². The molecule has 0 radical (unpaired) electrons. The summed E-state index contributed by atoms with van der Waals surface area (Å²) in [6, 6.07) is 25.9. The minimum absolute atomic E-state index is 0.403. The molecule has 0 saturated heterocycles. The molecule has 0 aliphatic rings. The maximum Gasteiger partial charge on any atom is 0.227 e. The number of nitriles is 1. The molecule has 0 saturated carbocycles. The molecule has 0 aliphatic heterocycles. The molecule has 0 spiro atoms. The topological polar surface area (TPSA) is 74.7 Å². The zero-order chi connectivity index (χ0) is 19.6. The van der Waals surface area contributed by atoms with E-state index in [1.54, 1.807) is 6.20 Å². The van der Waals surface area contributed by atoms with Crippen molar-refractivity contribution in [2.24, 2.45) is 0 Å². The van der Waals surface area contributed by atoms with E-state index in [0.717, 1.165) is 44.4 Å². The fraction of sp³-hybridized carbons (Fsp3) is 0.0417. The summed E-state index contributed by atoms with van der Waals surface area (Å²) in [5.41, 5.74) is 4.58. The molecule has 3 aromatic carbocycles. The summed E-state index contributed by atoms with van der Waals surface area (Å²) in [5.74, 6) is 1.36. The van der Waals surface area contributed by atoms with Crippen molar-refractivity contribution in [3.63, 3.8) is 0 Å². The maximum atomic E-state index is 8.76.